The summed E-state index contributed by atoms with van der Waals surface area (Å²) in [4.78, 5) is 4.18. The van der Waals surface area contributed by atoms with E-state index in [4.69, 9.17) is 0 Å². The van der Waals surface area contributed by atoms with E-state index in [1.807, 2.05) is 11.5 Å². The summed E-state index contributed by atoms with van der Waals surface area (Å²) in [5, 5.41) is 0. The fourth-order valence-corrected chi connectivity index (χ4v) is 2.57. The molecule has 1 aromatic carbocycles. The van der Waals surface area contributed by atoms with E-state index in [9.17, 15) is 17.6 Å². The molecule has 0 spiro atoms. The lowest BCUT2D eigenvalue weighted by molar-refractivity contribution is -0.137. The first-order valence-electron chi connectivity index (χ1n) is 7.25. The second-order valence-corrected chi connectivity index (χ2v) is 5.83. The van der Waals surface area contributed by atoms with Crippen LogP contribution in [-0.4, -0.2) is 9.55 Å². The highest BCUT2D eigenvalue weighted by Crippen LogP contribution is 2.35. The van der Waals surface area contributed by atoms with Gasteiger partial charge >= 0.3 is 6.18 Å². The standard InChI is InChI=1S/C16H16F4N2/c1-10-9-21-15(22(10)5-4-11-2-3-11)12-6-13(16(18,19)20)8-14(17)7-12/h6-9,11H,2-5H2,1H3. The number of nitrogens with zero attached hydrogens (tertiary/aromatic N) is 2. The first-order valence-corrected chi connectivity index (χ1v) is 7.25. The number of imidazole rings is 1. The molecule has 0 amide bonds. The normalized spacial score (nSPS) is 15.3. The summed E-state index contributed by atoms with van der Waals surface area (Å²) in [5.74, 6) is 0.190. The molecular formula is C16H16F4N2. The van der Waals surface area contributed by atoms with Crippen molar-refractivity contribution >= 4 is 0 Å². The second-order valence-electron chi connectivity index (χ2n) is 5.83. The Bertz CT molecular complexity index is 684. The number of aromatic nitrogens is 2. The van der Waals surface area contributed by atoms with Crippen molar-refractivity contribution in [3.8, 4) is 11.4 Å². The van der Waals surface area contributed by atoms with E-state index in [0.717, 1.165) is 24.2 Å². The molecule has 0 bridgehead atoms. The number of benzene rings is 1. The summed E-state index contributed by atoms with van der Waals surface area (Å²) in [6.45, 7) is 2.55. The Kier molecular flexibility index (Phi) is 3.70. The van der Waals surface area contributed by atoms with Crippen molar-refractivity contribution in [3.63, 3.8) is 0 Å². The van der Waals surface area contributed by atoms with E-state index >= 15 is 0 Å². The van der Waals surface area contributed by atoms with Crippen LogP contribution < -0.4 is 0 Å². The molecule has 1 aromatic heterocycles. The van der Waals surface area contributed by atoms with Gasteiger partial charge in [0.2, 0.25) is 0 Å². The van der Waals surface area contributed by atoms with Crippen molar-refractivity contribution in [2.45, 2.75) is 38.9 Å². The highest BCUT2D eigenvalue weighted by Gasteiger charge is 2.32. The van der Waals surface area contributed by atoms with Crippen molar-refractivity contribution in [1.29, 1.82) is 0 Å². The van der Waals surface area contributed by atoms with Crippen LogP contribution in [-0.2, 0) is 12.7 Å². The number of hydrogen-bond acceptors (Lipinski definition) is 1. The smallest absolute Gasteiger partial charge is 0.328 e. The average Bonchev–Trinajstić information content (AvgIpc) is 3.18. The van der Waals surface area contributed by atoms with Gasteiger partial charge in [0.25, 0.3) is 0 Å². The van der Waals surface area contributed by atoms with E-state index in [0.29, 0.717) is 24.4 Å². The zero-order valence-corrected chi connectivity index (χ0v) is 12.1. The fraction of sp³-hybridized carbons (Fsp3) is 0.438. The van der Waals surface area contributed by atoms with Crippen LogP contribution in [0.1, 0.15) is 30.5 Å². The Morgan fingerprint density at radius 3 is 2.59 bits per heavy atom. The molecule has 1 saturated carbocycles. The zero-order chi connectivity index (χ0) is 15.9. The molecule has 1 fully saturated rings. The van der Waals surface area contributed by atoms with Crippen molar-refractivity contribution in [1.82, 2.24) is 9.55 Å². The van der Waals surface area contributed by atoms with Gasteiger partial charge in [-0.25, -0.2) is 9.37 Å². The van der Waals surface area contributed by atoms with Gasteiger partial charge in [-0.15, -0.1) is 0 Å². The molecule has 1 heterocycles. The predicted molar refractivity (Wildman–Crippen MR) is 74.7 cm³/mol. The highest BCUT2D eigenvalue weighted by atomic mass is 19.4. The van der Waals surface area contributed by atoms with E-state index in [1.165, 1.54) is 12.8 Å². The van der Waals surface area contributed by atoms with Crippen molar-refractivity contribution in [2.24, 2.45) is 5.92 Å². The van der Waals surface area contributed by atoms with Crippen LogP contribution in [0.4, 0.5) is 17.6 Å². The monoisotopic (exact) mass is 312 g/mol. The third-order valence-electron chi connectivity index (χ3n) is 4.00. The van der Waals surface area contributed by atoms with Crippen LogP contribution >= 0.6 is 0 Å². The quantitative estimate of drug-likeness (QED) is 0.740. The van der Waals surface area contributed by atoms with Gasteiger partial charge < -0.3 is 4.57 Å². The fourth-order valence-electron chi connectivity index (χ4n) is 2.57. The SMILES string of the molecule is Cc1cnc(-c2cc(F)cc(C(F)(F)F)c2)n1CCC1CC1. The molecular weight excluding hydrogens is 296 g/mol. The molecule has 0 aliphatic heterocycles. The summed E-state index contributed by atoms with van der Waals surface area (Å²) in [6, 6.07) is 2.57. The Morgan fingerprint density at radius 2 is 1.95 bits per heavy atom. The second kappa shape index (κ2) is 5.41. The summed E-state index contributed by atoms with van der Waals surface area (Å²) < 4.78 is 54.0. The van der Waals surface area contributed by atoms with E-state index in [1.54, 1.807) is 6.20 Å². The lowest BCUT2D eigenvalue weighted by atomic mass is 10.1. The van der Waals surface area contributed by atoms with Crippen LogP contribution in [0.2, 0.25) is 0 Å². The molecule has 3 rings (SSSR count). The molecule has 0 radical (unpaired) electrons. The van der Waals surface area contributed by atoms with Crippen LogP contribution in [0, 0.1) is 18.7 Å². The molecule has 1 aliphatic rings. The Morgan fingerprint density at radius 1 is 1.23 bits per heavy atom. The van der Waals surface area contributed by atoms with E-state index in [-0.39, 0.29) is 5.56 Å². The first kappa shape index (κ1) is 15.1. The molecule has 6 heteroatoms. The number of alkyl halides is 3. The molecule has 1 aliphatic carbocycles. The summed E-state index contributed by atoms with van der Waals surface area (Å²) in [7, 11) is 0. The van der Waals surface area contributed by atoms with E-state index < -0.39 is 17.6 Å². The average molecular weight is 312 g/mol. The molecule has 22 heavy (non-hydrogen) atoms. The van der Waals surface area contributed by atoms with Gasteiger partial charge in [-0.3, -0.25) is 0 Å². The van der Waals surface area contributed by atoms with Crippen LogP contribution in [0.3, 0.4) is 0 Å². The Hall–Kier alpha value is -1.85. The molecule has 0 atom stereocenters. The minimum absolute atomic E-state index is 0.163. The largest absolute Gasteiger partial charge is 0.416 e. The summed E-state index contributed by atoms with van der Waals surface area (Å²) >= 11 is 0. The minimum Gasteiger partial charge on any atom is -0.328 e. The maximum atomic E-state index is 13.6. The molecule has 0 saturated heterocycles. The van der Waals surface area contributed by atoms with Gasteiger partial charge in [0.15, 0.2) is 0 Å². The number of hydrogen-bond donors (Lipinski definition) is 0. The maximum Gasteiger partial charge on any atom is 0.416 e. The van der Waals surface area contributed by atoms with Gasteiger partial charge in [-0.2, -0.15) is 13.2 Å². The lowest BCUT2D eigenvalue weighted by Gasteiger charge is -2.12. The lowest BCUT2D eigenvalue weighted by Crippen LogP contribution is -2.08. The maximum absolute atomic E-state index is 13.6. The first-order chi connectivity index (χ1) is 10.3. The van der Waals surface area contributed by atoms with Crippen molar-refractivity contribution in [2.75, 3.05) is 0 Å². The molecule has 118 valence electrons. The van der Waals surface area contributed by atoms with Gasteiger partial charge in [-0.1, -0.05) is 12.8 Å². The molecule has 2 nitrogen and oxygen atoms in total. The third-order valence-corrected chi connectivity index (χ3v) is 4.00. The number of aryl methyl sites for hydroxylation is 1. The van der Waals surface area contributed by atoms with Gasteiger partial charge in [0, 0.05) is 24.0 Å². The Labute approximate surface area is 125 Å². The minimum atomic E-state index is -4.57. The summed E-state index contributed by atoms with van der Waals surface area (Å²) in [6.07, 6.45) is 0.436. The Balaban J connectivity index is 1.98. The molecule has 2 aromatic rings. The van der Waals surface area contributed by atoms with Gasteiger partial charge in [0.1, 0.15) is 11.6 Å². The predicted octanol–water partition coefficient (Wildman–Crippen LogP) is 4.82. The van der Waals surface area contributed by atoms with Gasteiger partial charge in [-0.05, 0) is 37.5 Å². The van der Waals surface area contributed by atoms with E-state index in [2.05, 4.69) is 4.98 Å². The van der Waals surface area contributed by atoms with Crippen LogP contribution in [0.5, 0.6) is 0 Å². The zero-order valence-electron chi connectivity index (χ0n) is 12.1. The van der Waals surface area contributed by atoms with Crippen LogP contribution in [0.25, 0.3) is 11.4 Å². The number of halogens is 4. The van der Waals surface area contributed by atoms with Crippen molar-refractivity contribution < 1.29 is 17.6 Å². The van der Waals surface area contributed by atoms with Gasteiger partial charge in [0.05, 0.1) is 5.56 Å². The van der Waals surface area contributed by atoms with Crippen LogP contribution in [0.15, 0.2) is 24.4 Å². The molecule has 0 unspecified atom stereocenters. The summed E-state index contributed by atoms with van der Waals surface area (Å²) in [5.41, 5.74) is 0.0431. The highest BCUT2D eigenvalue weighted by molar-refractivity contribution is 5.58. The molecule has 0 N–H and O–H groups in total. The number of rotatable bonds is 4. The third kappa shape index (κ3) is 3.15. The topological polar surface area (TPSA) is 17.8 Å². The van der Waals surface area contributed by atoms with Crippen molar-refractivity contribution in [3.05, 3.63) is 41.5 Å².